The molecule has 20 heavy (non-hydrogen) atoms. The van der Waals surface area contributed by atoms with Gasteiger partial charge < -0.3 is 15.2 Å². The SMILES string of the molecule is O=C(O)C1CNC(c2ccccc2C2CCOCC2)C1. The molecule has 0 amide bonds. The van der Waals surface area contributed by atoms with E-state index in [1.807, 2.05) is 6.07 Å². The number of carboxylic acid groups (broad SMARTS) is 1. The molecule has 4 heteroatoms. The van der Waals surface area contributed by atoms with E-state index in [2.05, 4.69) is 23.5 Å². The van der Waals surface area contributed by atoms with E-state index in [0.717, 1.165) is 26.1 Å². The first kappa shape index (κ1) is 13.6. The third kappa shape index (κ3) is 2.72. The molecule has 2 unspecified atom stereocenters. The van der Waals surface area contributed by atoms with Gasteiger partial charge in [-0.05, 0) is 36.3 Å². The van der Waals surface area contributed by atoms with Crippen LogP contribution in [-0.2, 0) is 9.53 Å². The Hall–Kier alpha value is -1.39. The second-order valence-electron chi connectivity index (χ2n) is 5.75. The molecule has 0 bridgehead atoms. The van der Waals surface area contributed by atoms with Crippen molar-refractivity contribution in [3.63, 3.8) is 0 Å². The number of carboxylic acids is 1. The first-order chi connectivity index (χ1) is 9.75. The van der Waals surface area contributed by atoms with E-state index in [1.54, 1.807) is 0 Å². The molecule has 0 aliphatic carbocycles. The van der Waals surface area contributed by atoms with Gasteiger partial charge in [0.15, 0.2) is 0 Å². The number of hydrogen-bond donors (Lipinski definition) is 2. The van der Waals surface area contributed by atoms with Crippen molar-refractivity contribution in [1.82, 2.24) is 5.32 Å². The number of benzene rings is 1. The molecule has 1 aromatic rings. The normalized spacial score (nSPS) is 27.6. The van der Waals surface area contributed by atoms with Crippen molar-refractivity contribution in [2.45, 2.75) is 31.2 Å². The van der Waals surface area contributed by atoms with Crippen molar-refractivity contribution in [2.75, 3.05) is 19.8 Å². The van der Waals surface area contributed by atoms with E-state index in [9.17, 15) is 4.79 Å². The summed E-state index contributed by atoms with van der Waals surface area (Å²) < 4.78 is 5.44. The molecule has 2 aliphatic heterocycles. The lowest BCUT2D eigenvalue weighted by Crippen LogP contribution is -2.20. The number of rotatable bonds is 3. The van der Waals surface area contributed by atoms with Crippen LogP contribution in [0.25, 0.3) is 0 Å². The Morgan fingerprint density at radius 2 is 1.90 bits per heavy atom. The Bertz CT molecular complexity index is 482. The Morgan fingerprint density at radius 3 is 2.55 bits per heavy atom. The van der Waals surface area contributed by atoms with E-state index in [-0.39, 0.29) is 12.0 Å². The molecule has 108 valence electrons. The Morgan fingerprint density at radius 1 is 1.20 bits per heavy atom. The summed E-state index contributed by atoms with van der Waals surface area (Å²) in [6, 6.07) is 8.65. The van der Waals surface area contributed by atoms with Crippen molar-refractivity contribution in [3.8, 4) is 0 Å². The van der Waals surface area contributed by atoms with Gasteiger partial charge >= 0.3 is 5.97 Å². The van der Waals surface area contributed by atoms with Gasteiger partial charge in [-0.2, -0.15) is 0 Å². The number of nitrogens with one attached hydrogen (secondary N) is 1. The van der Waals surface area contributed by atoms with Crippen LogP contribution in [0.15, 0.2) is 24.3 Å². The summed E-state index contributed by atoms with van der Waals surface area (Å²) in [6.07, 6.45) is 2.81. The van der Waals surface area contributed by atoms with E-state index in [1.165, 1.54) is 11.1 Å². The highest BCUT2D eigenvalue weighted by Gasteiger charge is 2.32. The molecule has 0 saturated carbocycles. The average Bonchev–Trinajstić information content (AvgIpc) is 2.98. The number of hydrogen-bond acceptors (Lipinski definition) is 3. The highest BCUT2D eigenvalue weighted by atomic mass is 16.5. The Labute approximate surface area is 119 Å². The van der Waals surface area contributed by atoms with Crippen molar-refractivity contribution in [2.24, 2.45) is 5.92 Å². The van der Waals surface area contributed by atoms with E-state index < -0.39 is 5.97 Å². The van der Waals surface area contributed by atoms with Gasteiger partial charge in [-0.3, -0.25) is 4.79 Å². The Balaban J connectivity index is 1.81. The monoisotopic (exact) mass is 275 g/mol. The highest BCUT2D eigenvalue weighted by Crippen LogP contribution is 2.36. The van der Waals surface area contributed by atoms with Gasteiger partial charge in [0.25, 0.3) is 0 Å². The van der Waals surface area contributed by atoms with Gasteiger partial charge in [0.05, 0.1) is 5.92 Å². The van der Waals surface area contributed by atoms with Gasteiger partial charge in [0.2, 0.25) is 0 Å². The van der Waals surface area contributed by atoms with E-state index >= 15 is 0 Å². The first-order valence-electron chi connectivity index (χ1n) is 7.38. The lowest BCUT2D eigenvalue weighted by Gasteiger charge is -2.26. The number of aliphatic carboxylic acids is 1. The summed E-state index contributed by atoms with van der Waals surface area (Å²) in [5.41, 5.74) is 2.66. The van der Waals surface area contributed by atoms with Gasteiger partial charge in [0, 0.05) is 25.8 Å². The zero-order chi connectivity index (χ0) is 13.9. The maximum atomic E-state index is 11.1. The largest absolute Gasteiger partial charge is 0.481 e. The molecule has 0 spiro atoms. The van der Waals surface area contributed by atoms with Gasteiger partial charge in [-0.15, -0.1) is 0 Å². The fourth-order valence-corrected chi connectivity index (χ4v) is 3.37. The molecule has 0 aromatic heterocycles. The maximum Gasteiger partial charge on any atom is 0.307 e. The molecule has 2 fully saturated rings. The summed E-state index contributed by atoms with van der Waals surface area (Å²) in [5, 5.41) is 12.5. The topological polar surface area (TPSA) is 58.6 Å². The molecule has 2 atom stereocenters. The van der Waals surface area contributed by atoms with Crippen molar-refractivity contribution in [3.05, 3.63) is 35.4 Å². The molecular formula is C16H21NO3. The minimum absolute atomic E-state index is 0.176. The zero-order valence-electron chi connectivity index (χ0n) is 11.5. The fourth-order valence-electron chi connectivity index (χ4n) is 3.37. The van der Waals surface area contributed by atoms with Crippen molar-refractivity contribution >= 4 is 5.97 Å². The first-order valence-corrected chi connectivity index (χ1v) is 7.38. The quantitative estimate of drug-likeness (QED) is 0.889. The van der Waals surface area contributed by atoms with Gasteiger partial charge in [-0.25, -0.2) is 0 Å². The smallest absolute Gasteiger partial charge is 0.307 e. The van der Waals surface area contributed by atoms with Crippen LogP contribution in [0.4, 0.5) is 0 Å². The molecule has 4 nitrogen and oxygen atoms in total. The van der Waals surface area contributed by atoms with Crippen LogP contribution in [0.3, 0.4) is 0 Å². The summed E-state index contributed by atoms with van der Waals surface area (Å²) in [6.45, 7) is 2.23. The lowest BCUT2D eigenvalue weighted by atomic mass is 9.85. The maximum absolute atomic E-state index is 11.1. The van der Waals surface area contributed by atoms with E-state index in [0.29, 0.717) is 18.9 Å². The van der Waals surface area contributed by atoms with Crippen molar-refractivity contribution in [1.29, 1.82) is 0 Å². The van der Waals surface area contributed by atoms with Crippen molar-refractivity contribution < 1.29 is 14.6 Å². The summed E-state index contributed by atoms with van der Waals surface area (Å²) in [7, 11) is 0. The third-order valence-corrected chi connectivity index (χ3v) is 4.51. The summed E-state index contributed by atoms with van der Waals surface area (Å²) >= 11 is 0. The standard InChI is InChI=1S/C16H21NO3/c18-16(19)12-9-15(17-10-12)14-4-2-1-3-13(14)11-5-7-20-8-6-11/h1-4,11-12,15,17H,5-10H2,(H,18,19). The predicted octanol–water partition coefficient (Wildman–Crippen LogP) is 2.32. The van der Waals surface area contributed by atoms with Crippen LogP contribution in [0.5, 0.6) is 0 Å². The van der Waals surface area contributed by atoms with Crippen LogP contribution in [0.2, 0.25) is 0 Å². The van der Waals surface area contributed by atoms with Crippen LogP contribution in [-0.4, -0.2) is 30.8 Å². The molecule has 1 aromatic carbocycles. The second-order valence-corrected chi connectivity index (χ2v) is 5.75. The van der Waals surface area contributed by atoms with Crippen LogP contribution < -0.4 is 5.32 Å². The average molecular weight is 275 g/mol. The third-order valence-electron chi connectivity index (χ3n) is 4.51. The van der Waals surface area contributed by atoms with Crippen LogP contribution >= 0.6 is 0 Å². The Kier molecular flexibility index (Phi) is 4.03. The molecule has 0 radical (unpaired) electrons. The van der Waals surface area contributed by atoms with Gasteiger partial charge in [-0.1, -0.05) is 24.3 Å². The predicted molar refractivity (Wildman–Crippen MR) is 75.7 cm³/mol. The highest BCUT2D eigenvalue weighted by molar-refractivity contribution is 5.70. The summed E-state index contributed by atoms with van der Waals surface area (Å²) in [5.74, 6) is -0.406. The summed E-state index contributed by atoms with van der Waals surface area (Å²) in [4.78, 5) is 11.1. The molecule has 2 N–H and O–H groups in total. The molecule has 2 heterocycles. The minimum atomic E-state index is -0.691. The molecule has 2 aliphatic rings. The molecule has 3 rings (SSSR count). The zero-order valence-corrected chi connectivity index (χ0v) is 11.5. The molecule has 2 saturated heterocycles. The van der Waals surface area contributed by atoms with E-state index in [4.69, 9.17) is 9.84 Å². The second kappa shape index (κ2) is 5.94. The van der Waals surface area contributed by atoms with Crippen LogP contribution in [0, 0.1) is 5.92 Å². The van der Waals surface area contributed by atoms with Gasteiger partial charge in [0.1, 0.15) is 0 Å². The lowest BCUT2D eigenvalue weighted by molar-refractivity contribution is -0.141. The number of carbonyl (C=O) groups is 1. The molecular weight excluding hydrogens is 254 g/mol. The fraction of sp³-hybridized carbons (Fsp3) is 0.562. The van der Waals surface area contributed by atoms with Crippen LogP contribution in [0.1, 0.15) is 42.3 Å². The number of ether oxygens (including phenoxy) is 1. The minimum Gasteiger partial charge on any atom is -0.481 e.